The highest BCUT2D eigenvalue weighted by Gasteiger charge is 2.15. The Morgan fingerprint density at radius 3 is 2.78 bits per heavy atom. The van der Waals surface area contributed by atoms with E-state index in [9.17, 15) is 18.9 Å². The van der Waals surface area contributed by atoms with Crippen LogP contribution in [-0.2, 0) is 6.54 Å². The Morgan fingerprint density at radius 1 is 1.30 bits per heavy atom. The zero-order valence-corrected chi connectivity index (χ0v) is 14.1. The lowest BCUT2D eigenvalue weighted by Crippen LogP contribution is -2.08. The van der Waals surface area contributed by atoms with E-state index in [1.807, 2.05) is 6.07 Å². The number of nitro groups is 1. The van der Waals surface area contributed by atoms with Crippen LogP contribution in [0.1, 0.15) is 11.4 Å². The van der Waals surface area contributed by atoms with Crippen molar-refractivity contribution in [1.29, 1.82) is 0 Å². The van der Waals surface area contributed by atoms with Crippen LogP contribution in [0.25, 0.3) is 11.4 Å². The summed E-state index contributed by atoms with van der Waals surface area (Å²) in [6, 6.07) is 10.6. The van der Waals surface area contributed by atoms with E-state index in [2.05, 4.69) is 25.2 Å². The summed E-state index contributed by atoms with van der Waals surface area (Å²) < 4.78 is 29.6. The number of aryl methyl sites for hydroxylation is 1. The molecule has 0 unspecified atom stereocenters. The minimum atomic E-state index is -3.03. The highest BCUT2D eigenvalue weighted by molar-refractivity contribution is 5.62. The van der Waals surface area contributed by atoms with Crippen molar-refractivity contribution >= 4 is 11.4 Å². The molecule has 0 spiro atoms. The third kappa shape index (κ3) is 4.54. The van der Waals surface area contributed by atoms with Gasteiger partial charge in [0.05, 0.1) is 4.92 Å². The first kappa shape index (κ1) is 18.2. The smallest absolute Gasteiger partial charge is 0.387 e. The van der Waals surface area contributed by atoms with Crippen LogP contribution in [0.4, 0.5) is 20.2 Å². The molecule has 27 heavy (non-hydrogen) atoms. The fourth-order valence-corrected chi connectivity index (χ4v) is 2.47. The van der Waals surface area contributed by atoms with Crippen LogP contribution in [0.3, 0.4) is 0 Å². The molecule has 8 nitrogen and oxygen atoms in total. The molecule has 0 fully saturated rings. The molecule has 2 N–H and O–H groups in total. The molecule has 0 saturated carbocycles. The lowest BCUT2D eigenvalue weighted by atomic mass is 10.1. The molecule has 3 aromatic rings. The molecule has 0 amide bonds. The van der Waals surface area contributed by atoms with Gasteiger partial charge in [0, 0.05) is 35.5 Å². The highest BCUT2D eigenvalue weighted by Crippen LogP contribution is 2.27. The van der Waals surface area contributed by atoms with E-state index in [0.29, 0.717) is 17.3 Å². The van der Waals surface area contributed by atoms with Crippen LogP contribution in [0.2, 0.25) is 0 Å². The topological polar surface area (TPSA) is 106 Å². The minimum Gasteiger partial charge on any atom is -0.434 e. The standard InChI is InChI=1S/C17H15F2N5O3/c1-10-21-16(23-22-10)11-3-2-4-13(7-11)20-9-12-8-14(24(25)26)5-6-15(12)27-17(18)19/h2-8,17,20H,9H2,1H3,(H,21,22,23). The third-order valence-electron chi connectivity index (χ3n) is 3.67. The van der Waals surface area contributed by atoms with E-state index in [4.69, 9.17) is 0 Å². The fraction of sp³-hybridized carbons (Fsp3) is 0.176. The zero-order chi connectivity index (χ0) is 19.4. The van der Waals surface area contributed by atoms with Gasteiger partial charge in [-0.1, -0.05) is 12.1 Å². The van der Waals surface area contributed by atoms with Gasteiger partial charge in [0.25, 0.3) is 5.69 Å². The molecule has 0 saturated heterocycles. The number of non-ortho nitro benzene ring substituents is 1. The first-order valence-electron chi connectivity index (χ1n) is 7.88. The molecule has 0 radical (unpaired) electrons. The Hall–Kier alpha value is -3.56. The number of nitrogens with one attached hydrogen (secondary N) is 2. The molecule has 0 atom stereocenters. The summed E-state index contributed by atoms with van der Waals surface area (Å²) in [5.41, 5.74) is 1.46. The van der Waals surface area contributed by atoms with Crippen LogP contribution < -0.4 is 10.1 Å². The van der Waals surface area contributed by atoms with E-state index >= 15 is 0 Å². The second kappa shape index (κ2) is 7.77. The van der Waals surface area contributed by atoms with Gasteiger partial charge in [0.15, 0.2) is 5.82 Å². The number of benzene rings is 2. The summed E-state index contributed by atoms with van der Waals surface area (Å²) in [4.78, 5) is 14.6. The Labute approximate surface area is 152 Å². The average molecular weight is 375 g/mol. The Balaban J connectivity index is 1.81. The van der Waals surface area contributed by atoms with Gasteiger partial charge >= 0.3 is 6.61 Å². The first-order valence-corrected chi connectivity index (χ1v) is 7.88. The van der Waals surface area contributed by atoms with Crippen LogP contribution in [-0.4, -0.2) is 26.7 Å². The van der Waals surface area contributed by atoms with Crippen LogP contribution in [0, 0.1) is 17.0 Å². The third-order valence-corrected chi connectivity index (χ3v) is 3.67. The van der Waals surface area contributed by atoms with Gasteiger partial charge in [-0.3, -0.25) is 15.2 Å². The normalized spacial score (nSPS) is 10.8. The summed E-state index contributed by atoms with van der Waals surface area (Å²) >= 11 is 0. The van der Waals surface area contributed by atoms with Crippen molar-refractivity contribution in [2.24, 2.45) is 0 Å². The molecule has 140 valence electrons. The van der Waals surface area contributed by atoms with Gasteiger partial charge in [-0.25, -0.2) is 4.98 Å². The predicted octanol–water partition coefficient (Wildman–Crippen LogP) is 3.90. The van der Waals surface area contributed by atoms with E-state index in [0.717, 1.165) is 17.7 Å². The van der Waals surface area contributed by atoms with Crippen molar-refractivity contribution in [3.05, 3.63) is 64.0 Å². The summed E-state index contributed by atoms with van der Waals surface area (Å²) in [5, 5.41) is 20.8. The van der Waals surface area contributed by atoms with Gasteiger partial charge < -0.3 is 10.1 Å². The van der Waals surface area contributed by atoms with Crippen molar-refractivity contribution in [3.8, 4) is 17.1 Å². The number of alkyl halides is 2. The number of nitrogens with zero attached hydrogens (tertiary/aromatic N) is 3. The molecule has 0 aliphatic rings. The van der Waals surface area contributed by atoms with Gasteiger partial charge in [-0.05, 0) is 25.1 Å². The van der Waals surface area contributed by atoms with Crippen molar-refractivity contribution in [2.75, 3.05) is 5.32 Å². The molecular formula is C17H15F2N5O3. The van der Waals surface area contributed by atoms with Crippen molar-refractivity contribution in [1.82, 2.24) is 15.2 Å². The number of anilines is 1. The molecule has 3 rings (SSSR count). The quantitative estimate of drug-likeness (QED) is 0.479. The van der Waals surface area contributed by atoms with Crippen molar-refractivity contribution in [2.45, 2.75) is 20.1 Å². The molecule has 1 aromatic heterocycles. The predicted molar refractivity (Wildman–Crippen MR) is 93.6 cm³/mol. The van der Waals surface area contributed by atoms with Crippen LogP contribution >= 0.6 is 0 Å². The summed E-state index contributed by atoms with van der Waals surface area (Å²) in [5.74, 6) is 1.07. The maximum atomic E-state index is 12.6. The van der Waals surface area contributed by atoms with E-state index in [1.54, 1.807) is 25.1 Å². The first-order chi connectivity index (χ1) is 12.9. The van der Waals surface area contributed by atoms with Crippen LogP contribution in [0.5, 0.6) is 5.75 Å². The molecule has 1 heterocycles. The van der Waals surface area contributed by atoms with Gasteiger partial charge in [0.1, 0.15) is 11.6 Å². The number of H-pyrrole nitrogens is 1. The van der Waals surface area contributed by atoms with Gasteiger partial charge in [-0.15, -0.1) is 0 Å². The number of aromatic amines is 1. The van der Waals surface area contributed by atoms with Crippen LogP contribution in [0.15, 0.2) is 42.5 Å². The number of nitro benzene ring substituents is 1. The van der Waals surface area contributed by atoms with Crippen molar-refractivity contribution < 1.29 is 18.4 Å². The number of ether oxygens (including phenoxy) is 1. The number of halogens is 2. The Kier molecular flexibility index (Phi) is 5.25. The molecule has 10 heteroatoms. The monoisotopic (exact) mass is 375 g/mol. The number of aromatic nitrogens is 3. The SMILES string of the molecule is Cc1nc(-c2cccc(NCc3cc([N+](=O)[O-])ccc3OC(F)F)c2)n[nH]1. The molecular weight excluding hydrogens is 360 g/mol. The highest BCUT2D eigenvalue weighted by atomic mass is 19.3. The zero-order valence-electron chi connectivity index (χ0n) is 14.1. The second-order valence-corrected chi connectivity index (χ2v) is 5.61. The Morgan fingerprint density at radius 2 is 2.11 bits per heavy atom. The maximum Gasteiger partial charge on any atom is 0.387 e. The molecule has 0 aliphatic heterocycles. The molecule has 0 bridgehead atoms. The van der Waals surface area contributed by atoms with E-state index in [1.165, 1.54) is 6.07 Å². The Bertz CT molecular complexity index is 961. The van der Waals surface area contributed by atoms with E-state index < -0.39 is 11.5 Å². The largest absolute Gasteiger partial charge is 0.434 e. The summed E-state index contributed by atoms with van der Waals surface area (Å²) in [6.07, 6.45) is 0. The van der Waals surface area contributed by atoms with Gasteiger partial charge in [-0.2, -0.15) is 13.9 Å². The van der Waals surface area contributed by atoms with Crippen molar-refractivity contribution in [3.63, 3.8) is 0 Å². The molecule has 0 aliphatic carbocycles. The minimum absolute atomic E-state index is 0.0558. The number of hydrogen-bond acceptors (Lipinski definition) is 6. The number of hydrogen-bond donors (Lipinski definition) is 2. The lowest BCUT2D eigenvalue weighted by molar-refractivity contribution is -0.384. The average Bonchev–Trinajstić information content (AvgIpc) is 3.07. The second-order valence-electron chi connectivity index (χ2n) is 5.61. The van der Waals surface area contributed by atoms with E-state index in [-0.39, 0.29) is 23.5 Å². The van der Waals surface area contributed by atoms with Gasteiger partial charge in [0.2, 0.25) is 0 Å². The number of rotatable bonds is 7. The molecule has 2 aromatic carbocycles. The summed E-state index contributed by atoms with van der Waals surface area (Å²) in [7, 11) is 0. The lowest BCUT2D eigenvalue weighted by Gasteiger charge is -2.12. The summed E-state index contributed by atoms with van der Waals surface area (Å²) in [6.45, 7) is -1.19. The fourth-order valence-electron chi connectivity index (χ4n) is 2.47. The maximum absolute atomic E-state index is 12.6.